The van der Waals surface area contributed by atoms with Crippen molar-refractivity contribution in [3.63, 3.8) is 0 Å². The fourth-order valence-corrected chi connectivity index (χ4v) is 2.65. The molecular weight excluding hydrogens is 280 g/mol. The van der Waals surface area contributed by atoms with Crippen LogP contribution in [0.4, 0.5) is 5.69 Å². The molecule has 0 aromatic heterocycles. The summed E-state index contributed by atoms with van der Waals surface area (Å²) < 4.78 is 6.42. The third-order valence-corrected chi connectivity index (χ3v) is 3.75. The van der Waals surface area contributed by atoms with E-state index in [0.717, 1.165) is 42.8 Å². The van der Waals surface area contributed by atoms with Crippen molar-refractivity contribution in [1.82, 2.24) is 5.32 Å². The van der Waals surface area contributed by atoms with E-state index in [4.69, 9.17) is 10.5 Å². The summed E-state index contributed by atoms with van der Waals surface area (Å²) in [5.41, 5.74) is 8.03. The van der Waals surface area contributed by atoms with Crippen LogP contribution in [0.2, 0.25) is 0 Å². The smallest absolute Gasteiger partial charge is 0.0483 e. The second-order valence-electron chi connectivity index (χ2n) is 4.92. The van der Waals surface area contributed by atoms with E-state index in [-0.39, 0.29) is 5.54 Å². The molecule has 1 aliphatic heterocycles. The second kappa shape index (κ2) is 5.38. The van der Waals surface area contributed by atoms with Crippen LogP contribution < -0.4 is 11.1 Å². The highest BCUT2D eigenvalue weighted by Crippen LogP contribution is 2.22. The van der Waals surface area contributed by atoms with Crippen LogP contribution in [-0.2, 0) is 11.3 Å². The minimum Gasteiger partial charge on any atom is -0.399 e. The van der Waals surface area contributed by atoms with Gasteiger partial charge in [-0.05, 0) is 43.5 Å². The number of ether oxygens (including phenoxy) is 1. The van der Waals surface area contributed by atoms with Gasteiger partial charge in [0.1, 0.15) is 0 Å². The number of nitrogens with one attached hydrogen (secondary N) is 1. The third-order valence-electron chi connectivity index (χ3n) is 3.30. The van der Waals surface area contributed by atoms with Gasteiger partial charge in [0, 0.05) is 35.5 Å². The Hall–Kier alpha value is -0.580. The first kappa shape index (κ1) is 12.9. The van der Waals surface area contributed by atoms with Crippen molar-refractivity contribution in [3.8, 4) is 0 Å². The molecule has 2 rings (SSSR count). The summed E-state index contributed by atoms with van der Waals surface area (Å²) in [6.07, 6.45) is 2.13. The van der Waals surface area contributed by atoms with Crippen LogP contribution in [0.3, 0.4) is 0 Å². The Kier molecular flexibility index (Phi) is 4.07. The van der Waals surface area contributed by atoms with Gasteiger partial charge >= 0.3 is 0 Å². The molecule has 1 fully saturated rings. The average Bonchev–Trinajstić information content (AvgIpc) is 2.26. The number of nitrogen functional groups attached to an aromatic ring is 1. The molecule has 1 aromatic carbocycles. The van der Waals surface area contributed by atoms with Crippen LogP contribution in [-0.4, -0.2) is 18.8 Å². The van der Waals surface area contributed by atoms with Gasteiger partial charge in [0.2, 0.25) is 0 Å². The minimum atomic E-state index is 0.190. The molecule has 0 bridgehead atoms. The zero-order chi connectivity index (χ0) is 12.3. The highest BCUT2D eigenvalue weighted by atomic mass is 79.9. The maximum absolute atomic E-state index is 5.82. The Morgan fingerprint density at radius 3 is 2.71 bits per heavy atom. The van der Waals surface area contributed by atoms with Crippen molar-refractivity contribution >= 4 is 21.6 Å². The summed E-state index contributed by atoms with van der Waals surface area (Å²) in [5, 5.41) is 3.61. The molecule has 1 aromatic rings. The Morgan fingerprint density at radius 2 is 2.06 bits per heavy atom. The number of hydrogen-bond donors (Lipinski definition) is 2. The van der Waals surface area contributed by atoms with Crippen molar-refractivity contribution in [3.05, 3.63) is 28.2 Å². The summed E-state index contributed by atoms with van der Waals surface area (Å²) in [7, 11) is 0. The van der Waals surface area contributed by atoms with Crippen LogP contribution in [0.25, 0.3) is 0 Å². The average molecular weight is 299 g/mol. The number of halogens is 1. The predicted molar refractivity (Wildman–Crippen MR) is 73.9 cm³/mol. The van der Waals surface area contributed by atoms with E-state index in [2.05, 4.69) is 34.2 Å². The van der Waals surface area contributed by atoms with E-state index in [1.165, 1.54) is 5.56 Å². The van der Waals surface area contributed by atoms with E-state index in [0.29, 0.717) is 0 Å². The molecule has 1 heterocycles. The Bertz CT molecular complexity index is 369. The molecule has 0 unspecified atom stereocenters. The molecule has 0 saturated carbocycles. The zero-order valence-electron chi connectivity index (χ0n) is 10.1. The molecule has 94 valence electrons. The highest BCUT2D eigenvalue weighted by Gasteiger charge is 2.26. The van der Waals surface area contributed by atoms with Crippen molar-refractivity contribution in [1.29, 1.82) is 0 Å². The van der Waals surface area contributed by atoms with Gasteiger partial charge < -0.3 is 15.8 Å². The molecule has 0 atom stereocenters. The quantitative estimate of drug-likeness (QED) is 0.844. The molecule has 0 radical (unpaired) electrons. The standard InChI is InChI=1S/C13H19BrN2O/c1-13(2-4-17-5-3-13)16-9-10-6-11(14)8-12(15)7-10/h6-8,16H,2-5,9,15H2,1H3. The van der Waals surface area contributed by atoms with Crippen LogP contribution in [0.5, 0.6) is 0 Å². The first-order valence-electron chi connectivity index (χ1n) is 5.95. The van der Waals surface area contributed by atoms with Crippen LogP contribution in [0.15, 0.2) is 22.7 Å². The van der Waals surface area contributed by atoms with E-state index in [1.54, 1.807) is 0 Å². The third kappa shape index (κ3) is 3.69. The molecule has 0 aliphatic carbocycles. The summed E-state index contributed by atoms with van der Waals surface area (Å²) in [4.78, 5) is 0. The van der Waals surface area contributed by atoms with Crippen molar-refractivity contribution in [2.45, 2.75) is 31.8 Å². The normalized spacial score (nSPS) is 19.2. The fourth-order valence-electron chi connectivity index (χ4n) is 2.09. The van der Waals surface area contributed by atoms with Gasteiger partial charge in [-0.25, -0.2) is 0 Å². The lowest BCUT2D eigenvalue weighted by atomic mass is 9.92. The van der Waals surface area contributed by atoms with E-state index >= 15 is 0 Å². The number of benzene rings is 1. The van der Waals surface area contributed by atoms with Gasteiger partial charge in [-0.1, -0.05) is 15.9 Å². The number of anilines is 1. The van der Waals surface area contributed by atoms with Gasteiger partial charge in [-0.15, -0.1) is 0 Å². The predicted octanol–water partition coefficient (Wildman–Crippen LogP) is 2.69. The lowest BCUT2D eigenvalue weighted by Crippen LogP contribution is -2.46. The van der Waals surface area contributed by atoms with Crippen LogP contribution >= 0.6 is 15.9 Å². The molecular formula is C13H19BrN2O. The molecule has 0 amide bonds. The molecule has 3 N–H and O–H groups in total. The van der Waals surface area contributed by atoms with Crippen LogP contribution in [0.1, 0.15) is 25.3 Å². The highest BCUT2D eigenvalue weighted by molar-refractivity contribution is 9.10. The summed E-state index contributed by atoms with van der Waals surface area (Å²) in [6.45, 7) is 4.81. The molecule has 0 spiro atoms. The lowest BCUT2D eigenvalue weighted by Gasteiger charge is -2.34. The SMILES string of the molecule is CC1(NCc2cc(N)cc(Br)c2)CCOCC1. The van der Waals surface area contributed by atoms with Crippen LogP contribution in [0, 0.1) is 0 Å². The molecule has 3 nitrogen and oxygen atoms in total. The molecule has 17 heavy (non-hydrogen) atoms. The Balaban J connectivity index is 1.96. The zero-order valence-corrected chi connectivity index (χ0v) is 11.7. The minimum absolute atomic E-state index is 0.190. The summed E-state index contributed by atoms with van der Waals surface area (Å²) in [6, 6.07) is 6.03. The van der Waals surface area contributed by atoms with Crippen molar-refractivity contribution in [2.75, 3.05) is 18.9 Å². The summed E-state index contributed by atoms with van der Waals surface area (Å²) >= 11 is 3.46. The molecule has 1 aliphatic rings. The number of nitrogens with two attached hydrogens (primary N) is 1. The van der Waals surface area contributed by atoms with Gasteiger partial charge in [0.05, 0.1) is 0 Å². The van der Waals surface area contributed by atoms with E-state index in [1.807, 2.05) is 12.1 Å². The van der Waals surface area contributed by atoms with Crippen molar-refractivity contribution in [2.24, 2.45) is 0 Å². The van der Waals surface area contributed by atoms with E-state index < -0.39 is 0 Å². The second-order valence-corrected chi connectivity index (χ2v) is 5.84. The number of hydrogen-bond acceptors (Lipinski definition) is 3. The van der Waals surface area contributed by atoms with Gasteiger partial charge in [-0.3, -0.25) is 0 Å². The topological polar surface area (TPSA) is 47.3 Å². The largest absolute Gasteiger partial charge is 0.399 e. The van der Waals surface area contributed by atoms with Gasteiger partial charge in [-0.2, -0.15) is 0 Å². The first-order valence-corrected chi connectivity index (χ1v) is 6.74. The Labute approximate surface area is 111 Å². The molecule has 4 heteroatoms. The maximum atomic E-state index is 5.82. The van der Waals surface area contributed by atoms with E-state index in [9.17, 15) is 0 Å². The monoisotopic (exact) mass is 298 g/mol. The maximum Gasteiger partial charge on any atom is 0.0483 e. The molecule has 1 saturated heterocycles. The van der Waals surface area contributed by atoms with Crippen molar-refractivity contribution < 1.29 is 4.74 Å². The van der Waals surface area contributed by atoms with Gasteiger partial charge in [0.25, 0.3) is 0 Å². The number of rotatable bonds is 3. The Morgan fingerprint density at radius 1 is 1.35 bits per heavy atom. The van der Waals surface area contributed by atoms with Gasteiger partial charge in [0.15, 0.2) is 0 Å². The lowest BCUT2D eigenvalue weighted by molar-refractivity contribution is 0.0446. The first-order chi connectivity index (χ1) is 8.07. The fraction of sp³-hybridized carbons (Fsp3) is 0.538. The summed E-state index contributed by atoms with van der Waals surface area (Å²) in [5.74, 6) is 0.